The first-order valence-corrected chi connectivity index (χ1v) is 7.00. The second kappa shape index (κ2) is 6.90. The number of rotatable bonds is 6. The van der Waals surface area contributed by atoms with Crippen molar-refractivity contribution in [2.75, 3.05) is 6.61 Å². The molecule has 0 amide bonds. The third-order valence-electron chi connectivity index (χ3n) is 3.21. The van der Waals surface area contributed by atoms with Crippen molar-refractivity contribution in [1.82, 2.24) is 0 Å². The maximum absolute atomic E-state index is 12.1. The van der Waals surface area contributed by atoms with Crippen LogP contribution >= 0.6 is 0 Å². The van der Waals surface area contributed by atoms with Crippen LogP contribution in [0.5, 0.6) is 5.75 Å². The van der Waals surface area contributed by atoms with E-state index < -0.39 is 0 Å². The smallest absolute Gasteiger partial charge is 0.163 e. The van der Waals surface area contributed by atoms with Crippen LogP contribution in [0.4, 0.5) is 0 Å². The summed E-state index contributed by atoms with van der Waals surface area (Å²) in [6.07, 6.45) is 1.32. The Kier molecular flexibility index (Phi) is 4.94. The third kappa shape index (κ3) is 3.95. The number of carbonyl (C=O) groups is 1. The summed E-state index contributed by atoms with van der Waals surface area (Å²) in [5.74, 6) is 0.984. The molecule has 104 valence electrons. The second-order valence-electron chi connectivity index (χ2n) is 4.87. The topological polar surface area (TPSA) is 26.3 Å². The van der Waals surface area contributed by atoms with Gasteiger partial charge in [-0.1, -0.05) is 29.8 Å². The van der Waals surface area contributed by atoms with E-state index in [1.54, 1.807) is 0 Å². The van der Waals surface area contributed by atoms with Crippen molar-refractivity contribution < 1.29 is 9.53 Å². The molecule has 0 heterocycles. The lowest BCUT2D eigenvalue weighted by molar-refractivity contribution is 0.0983. The van der Waals surface area contributed by atoms with Crippen molar-refractivity contribution in [3.8, 4) is 5.75 Å². The zero-order chi connectivity index (χ0) is 14.4. The molecule has 0 spiro atoms. The summed E-state index contributed by atoms with van der Waals surface area (Å²) in [6.45, 7) is 4.65. The third-order valence-corrected chi connectivity index (χ3v) is 3.21. The van der Waals surface area contributed by atoms with E-state index in [0.717, 1.165) is 17.7 Å². The fourth-order valence-electron chi connectivity index (χ4n) is 2.17. The molecule has 0 N–H and O–H groups in total. The summed E-state index contributed by atoms with van der Waals surface area (Å²) in [4.78, 5) is 12.1. The normalized spacial score (nSPS) is 10.3. The van der Waals surface area contributed by atoms with E-state index >= 15 is 0 Å². The maximum Gasteiger partial charge on any atom is 0.163 e. The van der Waals surface area contributed by atoms with E-state index in [1.165, 1.54) is 11.1 Å². The summed E-state index contributed by atoms with van der Waals surface area (Å²) < 4.78 is 5.37. The van der Waals surface area contributed by atoms with Gasteiger partial charge in [-0.3, -0.25) is 4.79 Å². The molecule has 0 unspecified atom stereocenters. The van der Waals surface area contributed by atoms with E-state index in [9.17, 15) is 4.79 Å². The van der Waals surface area contributed by atoms with E-state index in [0.29, 0.717) is 13.0 Å². The first-order chi connectivity index (χ1) is 9.69. The summed E-state index contributed by atoms with van der Waals surface area (Å²) in [5, 5.41) is 0. The number of hydrogen-bond acceptors (Lipinski definition) is 2. The van der Waals surface area contributed by atoms with Crippen molar-refractivity contribution in [2.24, 2.45) is 0 Å². The number of Topliss-reactive ketones (excluding diaryl/α,β-unsaturated/α-hetero) is 1. The Morgan fingerprint density at radius 2 is 1.85 bits per heavy atom. The minimum Gasteiger partial charge on any atom is -0.494 e. The summed E-state index contributed by atoms with van der Waals surface area (Å²) in [5.41, 5.74) is 3.20. The molecule has 0 aliphatic rings. The Balaban J connectivity index is 1.94. The fraction of sp³-hybridized carbons (Fsp3) is 0.278. The molecule has 0 atom stereocenters. The predicted molar refractivity (Wildman–Crippen MR) is 81.4 cm³/mol. The number of ether oxygens (including phenoxy) is 1. The molecule has 2 rings (SSSR count). The molecular formula is C18H20O2. The average molecular weight is 268 g/mol. The van der Waals surface area contributed by atoms with Crippen LogP contribution in [0.25, 0.3) is 0 Å². The van der Waals surface area contributed by atoms with Crippen LogP contribution in [0.2, 0.25) is 0 Å². The van der Waals surface area contributed by atoms with Crippen molar-refractivity contribution in [3.63, 3.8) is 0 Å². The van der Waals surface area contributed by atoms with Gasteiger partial charge in [-0.05, 0) is 50.1 Å². The highest BCUT2D eigenvalue weighted by Gasteiger charge is 2.06. The summed E-state index contributed by atoms with van der Waals surface area (Å²) in [7, 11) is 0. The molecular weight excluding hydrogens is 248 g/mol. The first-order valence-electron chi connectivity index (χ1n) is 7.00. The van der Waals surface area contributed by atoms with Crippen LogP contribution in [0, 0.1) is 6.92 Å². The lowest BCUT2D eigenvalue weighted by atomic mass is 10.0. The molecule has 0 bridgehead atoms. The molecule has 0 aliphatic heterocycles. The van der Waals surface area contributed by atoms with Gasteiger partial charge in [0, 0.05) is 12.0 Å². The molecule has 2 nitrogen and oxygen atoms in total. The molecule has 20 heavy (non-hydrogen) atoms. The van der Waals surface area contributed by atoms with E-state index in [4.69, 9.17) is 4.74 Å². The standard InChI is InChI=1S/C18H20O2/c1-3-20-17-10-8-16(9-11-17)18(19)12-7-15-6-4-5-14(2)13-15/h4-6,8-11,13H,3,7,12H2,1-2H3. The minimum absolute atomic E-state index is 0.176. The van der Waals surface area contributed by atoms with Crippen molar-refractivity contribution >= 4 is 5.78 Å². The van der Waals surface area contributed by atoms with Crippen LogP contribution in [0.3, 0.4) is 0 Å². The van der Waals surface area contributed by atoms with Crippen LogP contribution in [0.15, 0.2) is 48.5 Å². The number of benzene rings is 2. The van der Waals surface area contributed by atoms with Gasteiger partial charge in [0.15, 0.2) is 5.78 Å². The second-order valence-corrected chi connectivity index (χ2v) is 4.87. The fourth-order valence-corrected chi connectivity index (χ4v) is 2.17. The Bertz CT molecular complexity index is 570. The van der Waals surface area contributed by atoms with E-state index in [-0.39, 0.29) is 5.78 Å². The number of aryl methyl sites for hydroxylation is 2. The molecule has 0 fully saturated rings. The predicted octanol–water partition coefficient (Wildman–Crippen LogP) is 4.21. The van der Waals surface area contributed by atoms with E-state index in [1.807, 2.05) is 37.3 Å². The molecule has 2 aromatic carbocycles. The lowest BCUT2D eigenvalue weighted by Crippen LogP contribution is -2.01. The van der Waals surface area contributed by atoms with Gasteiger partial charge in [-0.25, -0.2) is 0 Å². The zero-order valence-corrected chi connectivity index (χ0v) is 12.1. The van der Waals surface area contributed by atoms with Gasteiger partial charge in [0.2, 0.25) is 0 Å². The van der Waals surface area contributed by atoms with Crippen molar-refractivity contribution in [1.29, 1.82) is 0 Å². The number of ketones is 1. The Labute approximate surface area is 120 Å². The first kappa shape index (κ1) is 14.3. The average Bonchev–Trinajstić information content (AvgIpc) is 2.46. The summed E-state index contributed by atoms with van der Waals surface area (Å²) >= 11 is 0. The molecule has 0 radical (unpaired) electrons. The molecule has 2 aromatic rings. The van der Waals surface area contributed by atoms with Crippen LogP contribution in [-0.4, -0.2) is 12.4 Å². The molecule has 0 aromatic heterocycles. The maximum atomic E-state index is 12.1. The Morgan fingerprint density at radius 1 is 1.10 bits per heavy atom. The quantitative estimate of drug-likeness (QED) is 0.734. The SMILES string of the molecule is CCOc1ccc(C(=O)CCc2cccc(C)c2)cc1. The highest BCUT2D eigenvalue weighted by atomic mass is 16.5. The summed E-state index contributed by atoms with van der Waals surface area (Å²) in [6, 6.07) is 15.7. The van der Waals surface area contributed by atoms with Gasteiger partial charge in [0.1, 0.15) is 5.75 Å². The van der Waals surface area contributed by atoms with Crippen LogP contribution in [-0.2, 0) is 6.42 Å². The van der Waals surface area contributed by atoms with E-state index in [2.05, 4.69) is 25.1 Å². The van der Waals surface area contributed by atoms with Gasteiger partial charge in [0.25, 0.3) is 0 Å². The molecule has 0 saturated heterocycles. The molecule has 2 heteroatoms. The van der Waals surface area contributed by atoms with Crippen LogP contribution < -0.4 is 4.74 Å². The minimum atomic E-state index is 0.176. The van der Waals surface area contributed by atoms with Crippen molar-refractivity contribution in [2.45, 2.75) is 26.7 Å². The largest absolute Gasteiger partial charge is 0.494 e. The lowest BCUT2D eigenvalue weighted by Gasteiger charge is -2.05. The van der Waals surface area contributed by atoms with Gasteiger partial charge >= 0.3 is 0 Å². The van der Waals surface area contributed by atoms with Gasteiger partial charge in [-0.2, -0.15) is 0 Å². The van der Waals surface area contributed by atoms with Gasteiger partial charge in [0.05, 0.1) is 6.61 Å². The Hall–Kier alpha value is -2.09. The highest BCUT2D eigenvalue weighted by molar-refractivity contribution is 5.96. The Morgan fingerprint density at radius 3 is 2.50 bits per heavy atom. The number of carbonyl (C=O) groups excluding carboxylic acids is 1. The highest BCUT2D eigenvalue weighted by Crippen LogP contribution is 2.15. The van der Waals surface area contributed by atoms with Gasteiger partial charge < -0.3 is 4.74 Å². The van der Waals surface area contributed by atoms with Crippen LogP contribution in [0.1, 0.15) is 34.8 Å². The number of hydrogen-bond donors (Lipinski definition) is 0. The monoisotopic (exact) mass is 268 g/mol. The van der Waals surface area contributed by atoms with Gasteiger partial charge in [-0.15, -0.1) is 0 Å². The molecule has 0 aliphatic carbocycles. The zero-order valence-electron chi connectivity index (χ0n) is 12.1. The van der Waals surface area contributed by atoms with Crippen molar-refractivity contribution in [3.05, 3.63) is 65.2 Å². The molecule has 0 saturated carbocycles.